The maximum atomic E-state index is 12.4. The Kier molecular flexibility index (Phi) is 4.02. The summed E-state index contributed by atoms with van der Waals surface area (Å²) in [5.41, 5.74) is 2.80. The molecule has 0 N–H and O–H groups in total. The number of carbonyl (C=O) groups is 1. The predicted octanol–water partition coefficient (Wildman–Crippen LogP) is 3.94. The van der Waals surface area contributed by atoms with Crippen LogP contribution < -0.4 is 4.80 Å². The van der Waals surface area contributed by atoms with Gasteiger partial charge >= 0.3 is 0 Å². The van der Waals surface area contributed by atoms with E-state index in [9.17, 15) is 4.79 Å². The van der Waals surface area contributed by atoms with Crippen molar-refractivity contribution in [2.24, 2.45) is 4.99 Å². The second kappa shape index (κ2) is 6.12. The Morgan fingerprint density at radius 2 is 1.95 bits per heavy atom. The van der Waals surface area contributed by atoms with E-state index in [2.05, 4.69) is 11.6 Å². The number of amides is 1. The molecular weight excluding hydrogens is 292 g/mol. The molecule has 3 aromatic rings. The molecule has 0 fully saturated rings. The van der Waals surface area contributed by atoms with Gasteiger partial charge in [-0.2, -0.15) is 4.99 Å². The van der Waals surface area contributed by atoms with Crippen LogP contribution in [-0.2, 0) is 6.54 Å². The fourth-order valence-electron chi connectivity index (χ4n) is 2.26. The Morgan fingerprint density at radius 1 is 1.23 bits per heavy atom. The lowest BCUT2D eigenvalue weighted by molar-refractivity contribution is 0.0998. The Hall–Kier alpha value is -2.46. The quantitative estimate of drug-likeness (QED) is 0.675. The molecule has 3 rings (SSSR count). The molecule has 2 aromatic carbocycles. The number of hydrogen-bond donors (Lipinski definition) is 0. The molecule has 0 atom stereocenters. The number of hydrogen-bond acceptors (Lipinski definition) is 2. The first-order chi connectivity index (χ1) is 10.7. The monoisotopic (exact) mass is 308 g/mol. The van der Waals surface area contributed by atoms with Crippen LogP contribution in [0.2, 0.25) is 0 Å². The molecule has 3 nitrogen and oxygen atoms in total. The van der Waals surface area contributed by atoms with E-state index < -0.39 is 0 Å². The number of nitrogens with zero attached hydrogens (tertiary/aromatic N) is 2. The van der Waals surface area contributed by atoms with E-state index in [1.165, 1.54) is 11.3 Å². The Morgan fingerprint density at radius 3 is 2.68 bits per heavy atom. The zero-order chi connectivity index (χ0) is 15.5. The average Bonchev–Trinajstić information content (AvgIpc) is 2.86. The molecule has 0 saturated carbocycles. The van der Waals surface area contributed by atoms with Gasteiger partial charge in [0.15, 0.2) is 4.80 Å². The molecule has 22 heavy (non-hydrogen) atoms. The van der Waals surface area contributed by atoms with Crippen LogP contribution in [0.1, 0.15) is 15.9 Å². The first-order valence-electron chi connectivity index (χ1n) is 7.04. The van der Waals surface area contributed by atoms with Gasteiger partial charge in [0.05, 0.1) is 10.2 Å². The van der Waals surface area contributed by atoms with Crippen LogP contribution in [0.25, 0.3) is 10.2 Å². The summed E-state index contributed by atoms with van der Waals surface area (Å²) in [6.45, 7) is 6.41. The molecule has 1 heterocycles. The van der Waals surface area contributed by atoms with E-state index in [1.807, 2.05) is 66.1 Å². The van der Waals surface area contributed by atoms with Crippen LogP contribution in [0, 0.1) is 6.92 Å². The van der Waals surface area contributed by atoms with Gasteiger partial charge in [-0.3, -0.25) is 4.79 Å². The standard InChI is InChI=1S/C18H16N2OS/c1-3-12-20-15-6-4-5-7-16(15)22-18(20)19-17(21)14-10-8-13(2)9-11-14/h3-11H,1,12H2,2H3. The average molecular weight is 308 g/mol. The van der Waals surface area contributed by atoms with Gasteiger partial charge in [-0.15, -0.1) is 6.58 Å². The topological polar surface area (TPSA) is 34.4 Å². The fourth-order valence-corrected chi connectivity index (χ4v) is 3.30. The van der Waals surface area contributed by atoms with Crippen LogP contribution in [0.4, 0.5) is 0 Å². The SMILES string of the molecule is C=CCn1c(=NC(=O)c2ccc(C)cc2)sc2ccccc21. The van der Waals surface area contributed by atoms with Gasteiger partial charge in [0.25, 0.3) is 5.91 Å². The summed E-state index contributed by atoms with van der Waals surface area (Å²) >= 11 is 1.52. The van der Waals surface area contributed by atoms with Crippen molar-refractivity contribution in [3.8, 4) is 0 Å². The first kappa shape index (κ1) is 14.5. The van der Waals surface area contributed by atoms with Crippen molar-refractivity contribution in [1.82, 2.24) is 4.57 Å². The minimum absolute atomic E-state index is 0.218. The summed E-state index contributed by atoms with van der Waals surface area (Å²) in [5.74, 6) is -0.218. The van der Waals surface area contributed by atoms with Crippen LogP contribution in [0.3, 0.4) is 0 Å². The minimum atomic E-state index is -0.218. The molecule has 0 aliphatic rings. The normalized spacial score (nSPS) is 11.8. The molecule has 4 heteroatoms. The lowest BCUT2D eigenvalue weighted by Crippen LogP contribution is -2.16. The molecule has 0 radical (unpaired) electrons. The molecule has 110 valence electrons. The van der Waals surface area contributed by atoms with E-state index in [-0.39, 0.29) is 5.91 Å². The Labute approximate surface area is 132 Å². The summed E-state index contributed by atoms with van der Waals surface area (Å²) in [7, 11) is 0. The molecule has 0 saturated heterocycles. The molecule has 0 spiro atoms. The van der Waals surface area contributed by atoms with Gasteiger partial charge in [-0.1, -0.05) is 47.2 Å². The lowest BCUT2D eigenvalue weighted by Gasteiger charge is -2.00. The largest absolute Gasteiger partial charge is 0.312 e. The van der Waals surface area contributed by atoms with Gasteiger partial charge in [-0.05, 0) is 31.2 Å². The van der Waals surface area contributed by atoms with Gasteiger partial charge in [0.1, 0.15) is 0 Å². The van der Waals surface area contributed by atoms with Crippen LogP contribution in [-0.4, -0.2) is 10.5 Å². The highest BCUT2D eigenvalue weighted by atomic mass is 32.1. The maximum Gasteiger partial charge on any atom is 0.279 e. The van der Waals surface area contributed by atoms with E-state index in [0.29, 0.717) is 16.9 Å². The summed E-state index contributed by atoms with van der Waals surface area (Å²) in [4.78, 5) is 17.4. The number of carbonyl (C=O) groups excluding carboxylic acids is 1. The molecule has 0 unspecified atom stereocenters. The molecule has 1 aromatic heterocycles. The molecule has 0 bridgehead atoms. The van der Waals surface area contributed by atoms with E-state index in [1.54, 1.807) is 0 Å². The number of thiazole rings is 1. The number of aryl methyl sites for hydroxylation is 1. The Balaban J connectivity index is 2.11. The van der Waals surface area contributed by atoms with Crippen molar-refractivity contribution >= 4 is 27.5 Å². The lowest BCUT2D eigenvalue weighted by atomic mass is 10.1. The first-order valence-corrected chi connectivity index (χ1v) is 7.85. The summed E-state index contributed by atoms with van der Waals surface area (Å²) in [6.07, 6.45) is 1.81. The van der Waals surface area contributed by atoms with Gasteiger partial charge in [0, 0.05) is 12.1 Å². The van der Waals surface area contributed by atoms with Crippen LogP contribution >= 0.6 is 11.3 Å². The third-order valence-electron chi connectivity index (χ3n) is 3.40. The van der Waals surface area contributed by atoms with Gasteiger partial charge < -0.3 is 4.57 Å². The van der Waals surface area contributed by atoms with Crippen molar-refractivity contribution in [1.29, 1.82) is 0 Å². The van der Waals surface area contributed by atoms with Crippen LogP contribution in [0.5, 0.6) is 0 Å². The summed E-state index contributed by atoms with van der Waals surface area (Å²) in [5, 5.41) is 0. The van der Waals surface area contributed by atoms with Gasteiger partial charge in [0.2, 0.25) is 0 Å². The smallest absolute Gasteiger partial charge is 0.279 e. The summed E-state index contributed by atoms with van der Waals surface area (Å²) < 4.78 is 3.12. The predicted molar refractivity (Wildman–Crippen MR) is 91.1 cm³/mol. The molecule has 0 aliphatic heterocycles. The van der Waals surface area contributed by atoms with Crippen molar-refractivity contribution in [3.05, 3.63) is 77.1 Å². The van der Waals surface area contributed by atoms with E-state index in [4.69, 9.17) is 0 Å². The van der Waals surface area contributed by atoms with Crippen molar-refractivity contribution in [3.63, 3.8) is 0 Å². The van der Waals surface area contributed by atoms with E-state index >= 15 is 0 Å². The highest BCUT2D eigenvalue weighted by Gasteiger charge is 2.08. The summed E-state index contributed by atoms with van der Waals surface area (Å²) in [6, 6.07) is 15.5. The van der Waals surface area contributed by atoms with Crippen molar-refractivity contribution in [2.75, 3.05) is 0 Å². The zero-order valence-electron chi connectivity index (χ0n) is 12.3. The van der Waals surface area contributed by atoms with Crippen molar-refractivity contribution in [2.45, 2.75) is 13.5 Å². The maximum absolute atomic E-state index is 12.4. The molecule has 0 aliphatic carbocycles. The third-order valence-corrected chi connectivity index (χ3v) is 4.45. The fraction of sp³-hybridized carbons (Fsp3) is 0.111. The number of allylic oxidation sites excluding steroid dienone is 1. The molecular formula is C18H16N2OS. The highest BCUT2D eigenvalue weighted by molar-refractivity contribution is 7.16. The van der Waals surface area contributed by atoms with Crippen molar-refractivity contribution < 1.29 is 4.79 Å². The highest BCUT2D eigenvalue weighted by Crippen LogP contribution is 2.17. The third kappa shape index (κ3) is 2.78. The Bertz CT molecular complexity index is 901. The number of benzene rings is 2. The zero-order valence-corrected chi connectivity index (χ0v) is 13.1. The number of aromatic nitrogens is 1. The van der Waals surface area contributed by atoms with Crippen LogP contribution in [0.15, 0.2) is 66.2 Å². The minimum Gasteiger partial charge on any atom is -0.312 e. The second-order valence-corrected chi connectivity index (χ2v) is 6.04. The number of fused-ring (bicyclic) bond motifs is 1. The molecule has 1 amide bonds. The van der Waals surface area contributed by atoms with E-state index in [0.717, 1.165) is 15.8 Å². The second-order valence-electron chi connectivity index (χ2n) is 5.03. The number of rotatable bonds is 3. The van der Waals surface area contributed by atoms with Gasteiger partial charge in [-0.25, -0.2) is 0 Å². The number of para-hydroxylation sites is 1.